The Balaban J connectivity index is 1.97. The fraction of sp³-hybridized carbons (Fsp3) is 0.188. The Morgan fingerprint density at radius 1 is 1.10 bits per heavy atom. The Bertz CT molecular complexity index is 639. The molecule has 3 rings (SSSR count). The Labute approximate surface area is 123 Å². The van der Waals surface area contributed by atoms with Crippen molar-refractivity contribution in [1.29, 1.82) is 0 Å². The summed E-state index contributed by atoms with van der Waals surface area (Å²) in [6, 6.07) is 15.9. The second-order valence-corrected chi connectivity index (χ2v) is 5.66. The highest BCUT2D eigenvalue weighted by molar-refractivity contribution is 7.98. The minimum atomic E-state index is -0.117. The van der Waals surface area contributed by atoms with E-state index in [4.69, 9.17) is 0 Å². The van der Waals surface area contributed by atoms with E-state index in [9.17, 15) is 4.79 Å². The molecule has 2 aromatic carbocycles. The SMILES string of the molecule is CSc1ccc(C2Nc3ccccc3C(=O)N2C)cc1. The molecule has 0 aliphatic carbocycles. The van der Waals surface area contributed by atoms with Crippen molar-refractivity contribution in [3.05, 3.63) is 59.7 Å². The van der Waals surface area contributed by atoms with Gasteiger partial charge in [-0.2, -0.15) is 0 Å². The average Bonchev–Trinajstić information content (AvgIpc) is 2.51. The van der Waals surface area contributed by atoms with E-state index in [0.717, 1.165) is 16.8 Å². The molecule has 0 aromatic heterocycles. The molecular weight excluding hydrogens is 268 g/mol. The number of nitrogens with one attached hydrogen (secondary N) is 1. The van der Waals surface area contributed by atoms with Crippen LogP contribution in [0, 0.1) is 0 Å². The quantitative estimate of drug-likeness (QED) is 0.855. The number of para-hydroxylation sites is 1. The van der Waals surface area contributed by atoms with Crippen LogP contribution >= 0.6 is 11.8 Å². The molecule has 1 aliphatic rings. The normalized spacial score (nSPS) is 17.6. The Morgan fingerprint density at radius 2 is 1.80 bits per heavy atom. The summed E-state index contributed by atoms with van der Waals surface area (Å²) < 4.78 is 0. The number of thioether (sulfide) groups is 1. The van der Waals surface area contributed by atoms with Crippen LogP contribution in [0.5, 0.6) is 0 Å². The van der Waals surface area contributed by atoms with Gasteiger partial charge in [-0.1, -0.05) is 24.3 Å². The van der Waals surface area contributed by atoms with Gasteiger partial charge in [-0.15, -0.1) is 11.8 Å². The minimum absolute atomic E-state index is 0.0540. The number of anilines is 1. The van der Waals surface area contributed by atoms with Crippen LogP contribution in [0.2, 0.25) is 0 Å². The molecule has 102 valence electrons. The van der Waals surface area contributed by atoms with Crippen LogP contribution in [0.1, 0.15) is 22.1 Å². The average molecular weight is 284 g/mol. The van der Waals surface area contributed by atoms with Gasteiger partial charge in [-0.3, -0.25) is 4.79 Å². The third kappa shape index (κ3) is 2.16. The molecule has 0 saturated carbocycles. The Morgan fingerprint density at radius 3 is 2.50 bits per heavy atom. The van der Waals surface area contributed by atoms with Gasteiger partial charge in [-0.25, -0.2) is 0 Å². The lowest BCUT2D eigenvalue weighted by Crippen LogP contribution is -2.40. The summed E-state index contributed by atoms with van der Waals surface area (Å²) >= 11 is 1.71. The van der Waals surface area contributed by atoms with Crippen LogP contribution in [-0.2, 0) is 0 Å². The molecule has 0 saturated heterocycles. The predicted molar refractivity (Wildman–Crippen MR) is 83.1 cm³/mol. The van der Waals surface area contributed by atoms with Gasteiger partial charge in [0.05, 0.1) is 5.56 Å². The summed E-state index contributed by atoms with van der Waals surface area (Å²) in [6.07, 6.45) is 1.94. The molecule has 1 aliphatic heterocycles. The van der Waals surface area contributed by atoms with Crippen molar-refractivity contribution < 1.29 is 4.79 Å². The Hall–Kier alpha value is -1.94. The monoisotopic (exact) mass is 284 g/mol. The van der Waals surface area contributed by atoms with E-state index >= 15 is 0 Å². The lowest BCUT2D eigenvalue weighted by Gasteiger charge is -2.35. The maximum Gasteiger partial charge on any atom is 0.257 e. The predicted octanol–water partition coefficient (Wildman–Crippen LogP) is 3.60. The third-order valence-electron chi connectivity index (χ3n) is 3.59. The summed E-state index contributed by atoms with van der Waals surface area (Å²) in [5.74, 6) is 0.0540. The van der Waals surface area contributed by atoms with E-state index in [0.29, 0.717) is 0 Å². The summed E-state index contributed by atoms with van der Waals surface area (Å²) in [7, 11) is 1.83. The van der Waals surface area contributed by atoms with Gasteiger partial charge in [0.1, 0.15) is 6.17 Å². The highest BCUT2D eigenvalue weighted by Crippen LogP contribution is 2.32. The number of rotatable bonds is 2. The molecule has 1 amide bonds. The van der Waals surface area contributed by atoms with Crippen LogP contribution < -0.4 is 5.32 Å². The maximum absolute atomic E-state index is 12.4. The van der Waals surface area contributed by atoms with Crippen molar-refractivity contribution >= 4 is 23.4 Å². The van der Waals surface area contributed by atoms with Gasteiger partial charge < -0.3 is 10.2 Å². The zero-order valence-electron chi connectivity index (χ0n) is 11.5. The van der Waals surface area contributed by atoms with Crippen molar-refractivity contribution in [1.82, 2.24) is 4.90 Å². The molecule has 0 radical (unpaired) electrons. The van der Waals surface area contributed by atoms with Crippen LogP contribution in [-0.4, -0.2) is 24.1 Å². The van der Waals surface area contributed by atoms with Crippen LogP contribution in [0.25, 0.3) is 0 Å². The first kappa shape index (κ1) is 13.1. The first-order valence-corrected chi connectivity index (χ1v) is 7.70. The number of carbonyl (C=O) groups is 1. The van der Waals surface area contributed by atoms with Crippen LogP contribution in [0.3, 0.4) is 0 Å². The smallest absolute Gasteiger partial charge is 0.257 e. The molecule has 1 N–H and O–H groups in total. The molecule has 3 nitrogen and oxygen atoms in total. The van der Waals surface area contributed by atoms with Crippen LogP contribution in [0.4, 0.5) is 5.69 Å². The highest BCUT2D eigenvalue weighted by atomic mass is 32.2. The summed E-state index contributed by atoms with van der Waals surface area (Å²) in [5, 5.41) is 3.43. The first-order valence-electron chi connectivity index (χ1n) is 6.47. The van der Waals surface area contributed by atoms with Gasteiger partial charge in [0.15, 0.2) is 0 Å². The van der Waals surface area contributed by atoms with Crippen molar-refractivity contribution in [2.45, 2.75) is 11.1 Å². The molecular formula is C16H16N2OS. The van der Waals surface area contributed by atoms with Crippen molar-refractivity contribution in [3.63, 3.8) is 0 Å². The number of fused-ring (bicyclic) bond motifs is 1. The molecule has 2 aromatic rings. The number of benzene rings is 2. The standard InChI is InChI=1S/C16H16N2OS/c1-18-15(11-7-9-12(20-2)10-8-11)17-14-6-4-3-5-13(14)16(18)19/h3-10,15,17H,1-2H3. The van der Waals surface area contributed by atoms with E-state index in [1.165, 1.54) is 4.90 Å². The molecule has 0 bridgehead atoms. The number of amides is 1. The maximum atomic E-state index is 12.4. The fourth-order valence-corrected chi connectivity index (χ4v) is 2.85. The van der Waals surface area contributed by atoms with Gasteiger partial charge >= 0.3 is 0 Å². The number of hydrogen-bond donors (Lipinski definition) is 1. The molecule has 0 spiro atoms. The van der Waals surface area contributed by atoms with E-state index in [1.54, 1.807) is 16.7 Å². The summed E-state index contributed by atoms with van der Waals surface area (Å²) in [4.78, 5) is 15.4. The zero-order chi connectivity index (χ0) is 14.1. The van der Waals surface area contributed by atoms with Gasteiger partial charge in [0.25, 0.3) is 5.91 Å². The number of carbonyl (C=O) groups excluding carboxylic acids is 1. The largest absolute Gasteiger partial charge is 0.361 e. The molecule has 0 fully saturated rings. The van der Waals surface area contributed by atoms with E-state index < -0.39 is 0 Å². The van der Waals surface area contributed by atoms with Gasteiger partial charge in [0.2, 0.25) is 0 Å². The number of nitrogens with zero attached hydrogens (tertiary/aromatic N) is 1. The van der Waals surface area contributed by atoms with Crippen molar-refractivity contribution in [2.75, 3.05) is 18.6 Å². The molecule has 1 heterocycles. The molecule has 20 heavy (non-hydrogen) atoms. The second kappa shape index (κ2) is 5.21. The number of hydrogen-bond acceptors (Lipinski definition) is 3. The lowest BCUT2D eigenvalue weighted by atomic mass is 10.0. The van der Waals surface area contributed by atoms with E-state index in [1.807, 2.05) is 31.3 Å². The fourth-order valence-electron chi connectivity index (χ4n) is 2.44. The topological polar surface area (TPSA) is 32.3 Å². The van der Waals surface area contributed by atoms with E-state index in [-0.39, 0.29) is 12.1 Å². The van der Waals surface area contributed by atoms with Crippen LogP contribution in [0.15, 0.2) is 53.4 Å². The van der Waals surface area contributed by atoms with Crippen molar-refractivity contribution in [2.24, 2.45) is 0 Å². The molecule has 1 atom stereocenters. The lowest BCUT2D eigenvalue weighted by molar-refractivity contribution is 0.0735. The third-order valence-corrected chi connectivity index (χ3v) is 4.33. The summed E-state index contributed by atoms with van der Waals surface area (Å²) in [6.45, 7) is 0. The molecule has 1 unspecified atom stereocenters. The summed E-state index contributed by atoms with van der Waals surface area (Å²) in [5.41, 5.74) is 2.72. The van der Waals surface area contributed by atoms with Gasteiger partial charge in [-0.05, 0) is 36.1 Å². The highest BCUT2D eigenvalue weighted by Gasteiger charge is 2.29. The van der Waals surface area contributed by atoms with Crippen molar-refractivity contribution in [3.8, 4) is 0 Å². The first-order chi connectivity index (χ1) is 9.70. The van der Waals surface area contributed by atoms with Gasteiger partial charge in [0, 0.05) is 17.6 Å². The minimum Gasteiger partial charge on any atom is -0.361 e. The molecule has 4 heteroatoms. The Kier molecular flexibility index (Phi) is 3.40. The second-order valence-electron chi connectivity index (χ2n) is 4.78. The van der Waals surface area contributed by atoms with E-state index in [2.05, 4.69) is 35.8 Å². The zero-order valence-corrected chi connectivity index (χ0v) is 12.3.